The summed E-state index contributed by atoms with van der Waals surface area (Å²) >= 11 is 0. The van der Waals surface area contributed by atoms with E-state index in [2.05, 4.69) is 5.32 Å². The highest BCUT2D eigenvalue weighted by molar-refractivity contribution is 5.99. The molecule has 0 fully saturated rings. The van der Waals surface area contributed by atoms with Gasteiger partial charge in [0.15, 0.2) is 0 Å². The van der Waals surface area contributed by atoms with Crippen LogP contribution in [-0.4, -0.2) is 31.3 Å². The molecular weight excluding hydrogens is 276 g/mol. The Hall–Kier alpha value is -1.79. The zero-order valence-electron chi connectivity index (χ0n) is 11.1. The number of carbonyl (C=O) groups is 1. The minimum absolute atomic E-state index is 0.141. The van der Waals surface area contributed by atoms with E-state index in [4.69, 9.17) is 0 Å². The average Bonchev–Trinajstić information content (AvgIpc) is 2.36. The molecule has 0 saturated heterocycles. The third-order valence-corrected chi connectivity index (χ3v) is 2.59. The number of benzene rings is 1. The van der Waals surface area contributed by atoms with Crippen LogP contribution in [0.5, 0.6) is 0 Å². The van der Waals surface area contributed by atoms with Gasteiger partial charge in [0.1, 0.15) is 0 Å². The third-order valence-electron chi connectivity index (χ3n) is 2.59. The van der Waals surface area contributed by atoms with Gasteiger partial charge in [0.2, 0.25) is 0 Å². The summed E-state index contributed by atoms with van der Waals surface area (Å²) in [7, 11) is 0. The highest BCUT2D eigenvalue weighted by Crippen LogP contribution is 2.22. The first-order chi connectivity index (χ1) is 9.27. The van der Waals surface area contributed by atoms with Gasteiger partial charge in [-0.25, -0.2) is 8.78 Å². The number of carbonyl (C=O) groups excluding carboxylic acids is 1. The van der Waals surface area contributed by atoms with Crippen LogP contribution in [0, 0.1) is 6.92 Å². The first-order valence-corrected chi connectivity index (χ1v) is 6.06. The highest BCUT2D eigenvalue weighted by atomic mass is 19.3. The molecule has 0 saturated carbocycles. The van der Waals surface area contributed by atoms with E-state index < -0.39 is 24.8 Å². The largest absolute Gasteiger partial charge is 0.385 e. The van der Waals surface area contributed by atoms with Crippen molar-refractivity contribution in [2.24, 2.45) is 0 Å². The quantitative estimate of drug-likeness (QED) is 0.791. The van der Waals surface area contributed by atoms with Crippen LogP contribution >= 0.6 is 0 Å². The zero-order chi connectivity index (χ0) is 15.3. The molecule has 0 radical (unpaired) electrons. The molecule has 2 N–H and O–H groups in total. The Labute approximate surface area is 114 Å². The van der Waals surface area contributed by atoms with Crippen molar-refractivity contribution in [3.63, 3.8) is 0 Å². The molecule has 112 valence electrons. The molecule has 0 aliphatic rings. The van der Waals surface area contributed by atoms with Crippen LogP contribution in [0.2, 0.25) is 0 Å². The second-order valence-electron chi connectivity index (χ2n) is 4.32. The Kier molecular flexibility index (Phi) is 5.35. The SMILES string of the molecule is CCNc1cc(C)ccc1C(=O)NCC(F)(F)C(F)F. The smallest absolute Gasteiger partial charge is 0.324 e. The molecule has 0 unspecified atom stereocenters. The molecule has 1 aromatic carbocycles. The van der Waals surface area contributed by atoms with Crippen LogP contribution in [0.15, 0.2) is 18.2 Å². The number of aryl methyl sites for hydroxylation is 1. The van der Waals surface area contributed by atoms with E-state index in [1.54, 1.807) is 12.1 Å². The van der Waals surface area contributed by atoms with Crippen LogP contribution in [0.4, 0.5) is 23.2 Å². The topological polar surface area (TPSA) is 41.1 Å². The van der Waals surface area contributed by atoms with Crippen LogP contribution in [-0.2, 0) is 0 Å². The van der Waals surface area contributed by atoms with E-state index in [1.807, 2.05) is 19.2 Å². The third kappa shape index (κ3) is 4.11. The lowest BCUT2D eigenvalue weighted by molar-refractivity contribution is -0.123. The van der Waals surface area contributed by atoms with Crippen molar-refractivity contribution in [1.82, 2.24) is 5.32 Å². The lowest BCUT2D eigenvalue weighted by Gasteiger charge is -2.17. The van der Waals surface area contributed by atoms with Crippen LogP contribution in [0.25, 0.3) is 0 Å². The van der Waals surface area contributed by atoms with Gasteiger partial charge in [-0.05, 0) is 31.5 Å². The minimum Gasteiger partial charge on any atom is -0.385 e. The van der Waals surface area contributed by atoms with E-state index in [-0.39, 0.29) is 5.56 Å². The normalized spacial score (nSPS) is 11.6. The summed E-state index contributed by atoms with van der Waals surface area (Å²) in [5, 5.41) is 4.75. The molecule has 1 rings (SSSR count). The van der Waals surface area contributed by atoms with E-state index in [0.29, 0.717) is 12.2 Å². The first kappa shape index (κ1) is 16.3. The fraction of sp³-hybridized carbons (Fsp3) is 0.462. The lowest BCUT2D eigenvalue weighted by Crippen LogP contribution is -2.41. The molecule has 0 aliphatic heterocycles. The minimum atomic E-state index is -4.24. The molecule has 0 bridgehead atoms. The molecule has 1 amide bonds. The van der Waals surface area contributed by atoms with Crippen molar-refractivity contribution in [3.8, 4) is 0 Å². The number of anilines is 1. The predicted molar refractivity (Wildman–Crippen MR) is 68.6 cm³/mol. The van der Waals surface area contributed by atoms with E-state index in [9.17, 15) is 22.4 Å². The Morgan fingerprint density at radius 1 is 1.35 bits per heavy atom. The van der Waals surface area contributed by atoms with Crippen molar-refractivity contribution in [2.45, 2.75) is 26.2 Å². The number of halogens is 4. The Morgan fingerprint density at radius 2 is 2.00 bits per heavy atom. The number of alkyl halides is 4. The molecule has 0 aromatic heterocycles. The van der Waals surface area contributed by atoms with Crippen molar-refractivity contribution in [2.75, 3.05) is 18.4 Å². The molecule has 7 heteroatoms. The Balaban J connectivity index is 2.82. The van der Waals surface area contributed by atoms with Gasteiger partial charge in [0.05, 0.1) is 12.1 Å². The maximum atomic E-state index is 12.8. The van der Waals surface area contributed by atoms with Crippen molar-refractivity contribution in [3.05, 3.63) is 29.3 Å². The maximum absolute atomic E-state index is 12.8. The van der Waals surface area contributed by atoms with Gasteiger partial charge in [-0.3, -0.25) is 4.79 Å². The molecular formula is C13H16F4N2O. The molecule has 0 atom stereocenters. The standard InChI is InChI=1S/C13H16F4N2O/c1-3-18-10-6-8(2)4-5-9(10)11(20)19-7-13(16,17)12(14)15/h4-6,12,18H,3,7H2,1-2H3,(H,19,20). The van der Waals surface area contributed by atoms with E-state index >= 15 is 0 Å². The van der Waals surface area contributed by atoms with E-state index in [1.165, 1.54) is 6.07 Å². The number of amides is 1. The maximum Gasteiger partial charge on any atom is 0.324 e. The monoisotopic (exact) mass is 292 g/mol. The predicted octanol–water partition coefficient (Wildman–Crippen LogP) is 3.06. The van der Waals surface area contributed by atoms with Gasteiger partial charge in [-0.15, -0.1) is 0 Å². The fourth-order valence-corrected chi connectivity index (χ4v) is 1.56. The second kappa shape index (κ2) is 6.58. The van der Waals surface area contributed by atoms with Gasteiger partial charge >= 0.3 is 12.3 Å². The number of hydrogen-bond donors (Lipinski definition) is 2. The van der Waals surface area contributed by atoms with Crippen LogP contribution in [0.1, 0.15) is 22.8 Å². The molecule has 0 aliphatic carbocycles. The average molecular weight is 292 g/mol. The molecule has 0 heterocycles. The van der Waals surface area contributed by atoms with Gasteiger partial charge < -0.3 is 10.6 Å². The summed E-state index contributed by atoms with van der Waals surface area (Å²) in [5.41, 5.74) is 1.50. The lowest BCUT2D eigenvalue weighted by atomic mass is 10.1. The summed E-state index contributed by atoms with van der Waals surface area (Å²) in [5.74, 6) is -5.06. The zero-order valence-corrected chi connectivity index (χ0v) is 11.1. The second-order valence-corrected chi connectivity index (χ2v) is 4.32. The van der Waals surface area contributed by atoms with Crippen molar-refractivity contribution >= 4 is 11.6 Å². The molecule has 3 nitrogen and oxygen atoms in total. The molecule has 20 heavy (non-hydrogen) atoms. The van der Waals surface area contributed by atoms with Gasteiger partial charge in [0.25, 0.3) is 5.91 Å². The van der Waals surface area contributed by atoms with Gasteiger partial charge in [-0.1, -0.05) is 6.07 Å². The fourth-order valence-electron chi connectivity index (χ4n) is 1.56. The van der Waals surface area contributed by atoms with Gasteiger partial charge in [0, 0.05) is 12.2 Å². The molecule has 0 spiro atoms. The number of rotatable bonds is 6. The van der Waals surface area contributed by atoms with Crippen LogP contribution in [0.3, 0.4) is 0 Å². The summed E-state index contributed by atoms with van der Waals surface area (Å²) in [6, 6.07) is 4.79. The molecule has 1 aromatic rings. The summed E-state index contributed by atoms with van der Waals surface area (Å²) < 4.78 is 49.5. The van der Waals surface area contributed by atoms with Crippen molar-refractivity contribution in [1.29, 1.82) is 0 Å². The summed E-state index contributed by atoms with van der Waals surface area (Å²) in [4.78, 5) is 11.8. The number of hydrogen-bond acceptors (Lipinski definition) is 2. The number of nitrogens with one attached hydrogen (secondary N) is 2. The van der Waals surface area contributed by atoms with Gasteiger partial charge in [-0.2, -0.15) is 8.78 Å². The van der Waals surface area contributed by atoms with Crippen LogP contribution < -0.4 is 10.6 Å². The Morgan fingerprint density at radius 3 is 2.55 bits per heavy atom. The Bertz CT molecular complexity index is 477. The van der Waals surface area contributed by atoms with Crippen molar-refractivity contribution < 1.29 is 22.4 Å². The summed E-state index contributed by atoms with van der Waals surface area (Å²) in [6.07, 6.45) is -3.81. The highest BCUT2D eigenvalue weighted by Gasteiger charge is 2.40. The van der Waals surface area contributed by atoms with E-state index in [0.717, 1.165) is 5.56 Å². The summed E-state index contributed by atoms with van der Waals surface area (Å²) in [6.45, 7) is 2.77. The first-order valence-electron chi connectivity index (χ1n) is 6.06.